The molecule has 0 saturated carbocycles. The Bertz CT molecular complexity index is 1320. The maximum atomic E-state index is 12.7. The van der Waals surface area contributed by atoms with E-state index in [9.17, 15) is 13.2 Å². The summed E-state index contributed by atoms with van der Waals surface area (Å²) in [5.41, 5.74) is 4.86. The lowest BCUT2D eigenvalue weighted by Gasteiger charge is -2.18. The second kappa shape index (κ2) is 11.0. The molecule has 0 aliphatic carbocycles. The van der Waals surface area contributed by atoms with Crippen molar-refractivity contribution in [3.63, 3.8) is 0 Å². The minimum atomic E-state index is -3.84. The van der Waals surface area contributed by atoms with Gasteiger partial charge in [0.05, 0.1) is 28.8 Å². The van der Waals surface area contributed by atoms with Crippen LogP contribution in [0, 0.1) is 20.8 Å². The van der Waals surface area contributed by atoms with E-state index in [1.54, 1.807) is 12.1 Å². The first-order valence-electron chi connectivity index (χ1n) is 11.0. The van der Waals surface area contributed by atoms with Gasteiger partial charge >= 0.3 is 0 Å². The summed E-state index contributed by atoms with van der Waals surface area (Å²) >= 11 is 6.06. The Balaban J connectivity index is 1.58. The van der Waals surface area contributed by atoms with Gasteiger partial charge in [-0.25, -0.2) is 8.42 Å². The normalized spacial score (nSPS) is 12.1. The predicted molar refractivity (Wildman–Crippen MR) is 138 cm³/mol. The van der Waals surface area contributed by atoms with Gasteiger partial charge in [0.2, 0.25) is 0 Å². The van der Waals surface area contributed by atoms with E-state index in [0.29, 0.717) is 17.2 Å². The first-order valence-corrected chi connectivity index (χ1v) is 12.8. The average molecular weight is 517 g/mol. The van der Waals surface area contributed by atoms with Crippen molar-refractivity contribution < 1.29 is 22.7 Å². The second-order valence-corrected chi connectivity index (χ2v) is 10.4. The zero-order chi connectivity index (χ0) is 25.8. The van der Waals surface area contributed by atoms with E-state index in [2.05, 4.69) is 29.1 Å². The summed E-state index contributed by atoms with van der Waals surface area (Å²) < 4.78 is 38.5. The predicted octanol–water partition coefficient (Wildman–Crippen LogP) is 5.33. The van der Waals surface area contributed by atoms with Crippen molar-refractivity contribution in [3.8, 4) is 11.5 Å². The van der Waals surface area contributed by atoms with Crippen LogP contribution in [0.2, 0.25) is 5.02 Å². The molecule has 0 aliphatic rings. The number of amides is 1. The molecule has 0 bridgehead atoms. The fourth-order valence-electron chi connectivity index (χ4n) is 3.62. The number of sulfonamides is 1. The number of rotatable bonds is 9. The molecule has 2 N–H and O–H groups in total. The maximum Gasteiger partial charge on any atom is 0.261 e. The topological polar surface area (TPSA) is 93.7 Å². The Hall–Kier alpha value is -3.23. The van der Waals surface area contributed by atoms with Crippen molar-refractivity contribution in [1.29, 1.82) is 0 Å². The Morgan fingerprint density at radius 3 is 2.26 bits per heavy atom. The monoisotopic (exact) mass is 516 g/mol. The molecule has 0 aromatic heterocycles. The van der Waals surface area contributed by atoms with Gasteiger partial charge < -0.3 is 14.8 Å². The summed E-state index contributed by atoms with van der Waals surface area (Å²) in [7, 11) is -2.36. The number of aryl methyl sites for hydroxylation is 3. The molecule has 3 aromatic carbocycles. The van der Waals surface area contributed by atoms with E-state index in [4.69, 9.17) is 21.1 Å². The van der Waals surface area contributed by atoms with E-state index < -0.39 is 10.0 Å². The molecule has 3 aromatic rings. The van der Waals surface area contributed by atoms with Gasteiger partial charge in [-0.3, -0.25) is 9.52 Å². The molecule has 186 valence electrons. The van der Waals surface area contributed by atoms with Crippen molar-refractivity contribution in [2.24, 2.45) is 0 Å². The minimum absolute atomic E-state index is 0.0417. The summed E-state index contributed by atoms with van der Waals surface area (Å²) in [6, 6.07) is 14.4. The van der Waals surface area contributed by atoms with E-state index in [0.717, 1.165) is 11.1 Å². The molecule has 0 aliphatic heterocycles. The van der Waals surface area contributed by atoms with E-state index in [1.807, 2.05) is 20.8 Å². The molecule has 0 spiro atoms. The number of hydrogen-bond acceptors (Lipinski definition) is 5. The number of ether oxygens (including phenoxy) is 2. The molecule has 1 amide bonds. The standard InChI is InChI=1S/C26H29ClN2O5S/c1-16-12-18(3)23(13-17(16)2)19(4)28-26(30)15-34-21-7-9-22(10-8-21)35(31,32)29-20-6-11-25(33-5)24(27)14-20/h6-14,19,29H,15H2,1-5H3,(H,28,30)/t19-/m0/s1. The third-order valence-electron chi connectivity index (χ3n) is 5.63. The lowest BCUT2D eigenvalue weighted by atomic mass is 9.96. The van der Waals surface area contributed by atoms with Crippen molar-refractivity contribution >= 4 is 33.2 Å². The van der Waals surface area contributed by atoms with Crippen LogP contribution in [-0.4, -0.2) is 28.0 Å². The van der Waals surface area contributed by atoms with E-state index >= 15 is 0 Å². The van der Waals surface area contributed by atoms with Gasteiger partial charge in [-0.05, 0) is 92.4 Å². The highest BCUT2D eigenvalue weighted by Gasteiger charge is 2.16. The molecule has 0 heterocycles. The molecule has 9 heteroatoms. The van der Waals surface area contributed by atoms with Gasteiger partial charge in [-0.1, -0.05) is 23.7 Å². The maximum absolute atomic E-state index is 12.7. The van der Waals surface area contributed by atoms with Crippen LogP contribution < -0.4 is 19.5 Å². The molecule has 0 saturated heterocycles. The second-order valence-electron chi connectivity index (χ2n) is 8.30. The zero-order valence-electron chi connectivity index (χ0n) is 20.3. The van der Waals surface area contributed by atoms with Crippen LogP contribution in [0.4, 0.5) is 5.69 Å². The van der Waals surface area contributed by atoms with Gasteiger partial charge in [-0.15, -0.1) is 0 Å². The highest BCUT2D eigenvalue weighted by atomic mass is 35.5. The third-order valence-corrected chi connectivity index (χ3v) is 7.33. The van der Waals surface area contributed by atoms with E-state index in [1.165, 1.54) is 48.6 Å². The van der Waals surface area contributed by atoms with Crippen LogP contribution in [0.25, 0.3) is 0 Å². The van der Waals surface area contributed by atoms with Gasteiger partial charge in [-0.2, -0.15) is 0 Å². The minimum Gasteiger partial charge on any atom is -0.495 e. The number of carbonyl (C=O) groups is 1. The van der Waals surface area contributed by atoms with E-state index in [-0.39, 0.29) is 28.5 Å². The van der Waals surface area contributed by atoms with Crippen LogP contribution in [0.1, 0.15) is 35.2 Å². The number of benzene rings is 3. The van der Waals surface area contributed by atoms with Crippen LogP contribution in [0.5, 0.6) is 11.5 Å². The summed E-state index contributed by atoms with van der Waals surface area (Å²) in [6.45, 7) is 7.86. The Morgan fingerprint density at radius 2 is 1.63 bits per heavy atom. The van der Waals surface area contributed by atoms with Crippen molar-refractivity contribution in [1.82, 2.24) is 5.32 Å². The molecule has 35 heavy (non-hydrogen) atoms. The highest BCUT2D eigenvalue weighted by molar-refractivity contribution is 7.92. The number of hydrogen-bond donors (Lipinski definition) is 2. The van der Waals surface area contributed by atoms with Crippen LogP contribution in [-0.2, 0) is 14.8 Å². The first-order chi connectivity index (χ1) is 16.5. The smallest absolute Gasteiger partial charge is 0.261 e. The quantitative estimate of drug-likeness (QED) is 0.401. The van der Waals surface area contributed by atoms with Crippen LogP contribution in [0.3, 0.4) is 0 Å². The Kier molecular flexibility index (Phi) is 8.30. The molecule has 0 unspecified atom stereocenters. The van der Waals surface area contributed by atoms with Crippen LogP contribution in [0.15, 0.2) is 59.5 Å². The Morgan fingerprint density at radius 1 is 0.971 bits per heavy atom. The Labute approximate surface area is 211 Å². The molecule has 7 nitrogen and oxygen atoms in total. The summed E-state index contributed by atoms with van der Waals surface area (Å²) in [5.74, 6) is 0.546. The van der Waals surface area contributed by atoms with Gasteiger partial charge in [0, 0.05) is 0 Å². The van der Waals surface area contributed by atoms with Gasteiger partial charge in [0.1, 0.15) is 11.5 Å². The average Bonchev–Trinajstić information content (AvgIpc) is 2.80. The lowest BCUT2D eigenvalue weighted by molar-refractivity contribution is -0.123. The molecule has 3 rings (SSSR count). The molecule has 0 fully saturated rings. The van der Waals surface area contributed by atoms with Crippen molar-refractivity contribution in [2.45, 2.75) is 38.6 Å². The zero-order valence-corrected chi connectivity index (χ0v) is 21.9. The van der Waals surface area contributed by atoms with Crippen molar-refractivity contribution in [3.05, 3.63) is 81.9 Å². The summed E-state index contributed by atoms with van der Waals surface area (Å²) in [4.78, 5) is 12.4. The molecular formula is C26H29ClN2O5S. The highest BCUT2D eigenvalue weighted by Crippen LogP contribution is 2.29. The molecule has 0 radical (unpaired) electrons. The number of anilines is 1. The first kappa shape index (κ1) is 26.4. The molecular weight excluding hydrogens is 488 g/mol. The van der Waals surface area contributed by atoms with Gasteiger partial charge in [0.15, 0.2) is 6.61 Å². The lowest BCUT2D eigenvalue weighted by Crippen LogP contribution is -2.31. The fourth-order valence-corrected chi connectivity index (χ4v) is 4.93. The molecule has 1 atom stereocenters. The largest absolute Gasteiger partial charge is 0.495 e. The third kappa shape index (κ3) is 6.68. The summed E-state index contributed by atoms with van der Waals surface area (Å²) in [6.07, 6.45) is 0. The number of carbonyl (C=O) groups excluding carboxylic acids is 1. The van der Waals surface area contributed by atoms with Crippen LogP contribution >= 0.6 is 11.6 Å². The van der Waals surface area contributed by atoms with Crippen molar-refractivity contribution in [2.75, 3.05) is 18.4 Å². The SMILES string of the molecule is COc1ccc(NS(=O)(=O)c2ccc(OCC(=O)N[C@@H](C)c3cc(C)c(C)cc3C)cc2)cc1Cl. The number of methoxy groups -OCH3 is 1. The number of halogens is 1. The van der Waals surface area contributed by atoms with Gasteiger partial charge in [0.25, 0.3) is 15.9 Å². The fraction of sp³-hybridized carbons (Fsp3) is 0.269. The number of nitrogens with one attached hydrogen (secondary N) is 2. The summed E-state index contributed by atoms with van der Waals surface area (Å²) in [5, 5.41) is 3.23.